The van der Waals surface area contributed by atoms with Crippen LogP contribution in [0.25, 0.3) is 11.0 Å². The smallest absolute Gasteiger partial charge is 0.349 e. The molecule has 0 saturated heterocycles. The van der Waals surface area contributed by atoms with Crippen LogP contribution in [-0.4, -0.2) is 32.1 Å². The molecule has 9 heteroatoms. The van der Waals surface area contributed by atoms with Crippen molar-refractivity contribution in [3.8, 4) is 0 Å². The maximum absolute atomic E-state index is 12.7. The third-order valence-corrected chi connectivity index (χ3v) is 4.53. The predicted molar refractivity (Wildman–Crippen MR) is 107 cm³/mol. The van der Waals surface area contributed by atoms with E-state index in [9.17, 15) is 19.2 Å². The van der Waals surface area contributed by atoms with Crippen molar-refractivity contribution in [3.63, 3.8) is 0 Å². The molecule has 1 aromatic heterocycles. The Labute approximate surface area is 172 Å². The Bertz CT molecular complexity index is 1200. The molecule has 29 heavy (non-hydrogen) atoms. The second-order valence-corrected chi connectivity index (χ2v) is 6.74. The van der Waals surface area contributed by atoms with Gasteiger partial charge in [0, 0.05) is 9.86 Å². The molecule has 1 N–H and O–H groups in total. The average Bonchev–Trinajstić information content (AvgIpc) is 2.72. The summed E-state index contributed by atoms with van der Waals surface area (Å²) in [5.74, 6) is -2.20. The Morgan fingerprint density at radius 3 is 2.34 bits per heavy atom. The standard InChI is InChI=1S/C20H14BrNO7/c1-27-18(24)10-3-5-13(19(25)28-2)15(9-10)22-17(23)14-8-11-7-12(21)4-6-16(11)29-20(14)26/h3-9H,1-2H3,(H,22,23). The number of nitrogens with one attached hydrogen (secondary N) is 1. The van der Waals surface area contributed by atoms with Crippen molar-refractivity contribution in [2.24, 2.45) is 0 Å². The second kappa shape index (κ2) is 8.27. The molecule has 148 valence electrons. The number of benzene rings is 2. The van der Waals surface area contributed by atoms with E-state index in [1.807, 2.05) is 0 Å². The number of hydrogen-bond acceptors (Lipinski definition) is 7. The van der Waals surface area contributed by atoms with E-state index < -0.39 is 23.5 Å². The number of carbonyl (C=O) groups excluding carboxylic acids is 3. The fraction of sp³-hybridized carbons (Fsp3) is 0.100. The molecular weight excluding hydrogens is 446 g/mol. The summed E-state index contributed by atoms with van der Waals surface area (Å²) in [4.78, 5) is 48.8. The highest BCUT2D eigenvalue weighted by Crippen LogP contribution is 2.22. The molecule has 0 spiro atoms. The maximum Gasteiger partial charge on any atom is 0.349 e. The first-order valence-corrected chi connectivity index (χ1v) is 8.98. The number of amides is 1. The predicted octanol–water partition coefficient (Wildman–Crippen LogP) is 3.38. The average molecular weight is 460 g/mol. The number of halogens is 1. The Morgan fingerprint density at radius 2 is 1.66 bits per heavy atom. The Balaban J connectivity index is 2.04. The van der Waals surface area contributed by atoms with Gasteiger partial charge in [-0.3, -0.25) is 4.79 Å². The molecule has 1 heterocycles. The van der Waals surface area contributed by atoms with Gasteiger partial charge in [-0.2, -0.15) is 0 Å². The molecule has 0 aliphatic rings. The largest absolute Gasteiger partial charge is 0.465 e. The minimum Gasteiger partial charge on any atom is -0.465 e. The van der Waals surface area contributed by atoms with Gasteiger partial charge >= 0.3 is 17.6 Å². The van der Waals surface area contributed by atoms with Gasteiger partial charge in [0.05, 0.1) is 31.0 Å². The zero-order valence-electron chi connectivity index (χ0n) is 15.3. The summed E-state index contributed by atoms with van der Waals surface area (Å²) < 4.78 is 15.3. The monoisotopic (exact) mass is 459 g/mol. The maximum atomic E-state index is 12.7. The highest BCUT2D eigenvalue weighted by atomic mass is 79.9. The van der Waals surface area contributed by atoms with Crippen molar-refractivity contribution >= 4 is 50.4 Å². The molecule has 0 aliphatic carbocycles. The zero-order valence-corrected chi connectivity index (χ0v) is 16.9. The van der Waals surface area contributed by atoms with E-state index in [-0.39, 0.29) is 22.4 Å². The van der Waals surface area contributed by atoms with Crippen LogP contribution in [-0.2, 0) is 9.47 Å². The second-order valence-electron chi connectivity index (χ2n) is 5.83. The van der Waals surface area contributed by atoms with Crippen LogP contribution < -0.4 is 10.9 Å². The molecule has 0 fully saturated rings. The van der Waals surface area contributed by atoms with Gasteiger partial charge in [0.15, 0.2) is 0 Å². The number of methoxy groups -OCH3 is 2. The van der Waals surface area contributed by atoms with E-state index in [4.69, 9.17) is 9.15 Å². The molecule has 0 aliphatic heterocycles. The van der Waals surface area contributed by atoms with Gasteiger partial charge in [-0.15, -0.1) is 0 Å². The minimum absolute atomic E-state index is 0.00132. The van der Waals surface area contributed by atoms with Gasteiger partial charge in [-0.05, 0) is 42.5 Å². The molecule has 0 unspecified atom stereocenters. The van der Waals surface area contributed by atoms with Crippen LogP contribution in [0, 0.1) is 0 Å². The highest BCUT2D eigenvalue weighted by molar-refractivity contribution is 9.10. The van der Waals surface area contributed by atoms with Gasteiger partial charge < -0.3 is 19.2 Å². The summed E-state index contributed by atoms with van der Waals surface area (Å²) in [6.07, 6.45) is 0. The number of hydrogen-bond donors (Lipinski definition) is 1. The van der Waals surface area contributed by atoms with Crippen molar-refractivity contribution in [1.82, 2.24) is 0 Å². The lowest BCUT2D eigenvalue weighted by atomic mass is 10.1. The Hall–Kier alpha value is -3.46. The Kier molecular flexibility index (Phi) is 5.79. The zero-order chi connectivity index (χ0) is 21.1. The molecule has 0 atom stereocenters. The SMILES string of the molecule is COC(=O)c1ccc(C(=O)OC)c(NC(=O)c2cc3cc(Br)ccc3oc2=O)c1. The lowest BCUT2D eigenvalue weighted by Crippen LogP contribution is -2.22. The van der Waals surface area contributed by atoms with Crippen LogP contribution in [0.2, 0.25) is 0 Å². The summed E-state index contributed by atoms with van der Waals surface area (Å²) in [7, 11) is 2.38. The molecule has 2 aromatic carbocycles. The van der Waals surface area contributed by atoms with Crippen molar-refractivity contribution in [1.29, 1.82) is 0 Å². The first kappa shape index (κ1) is 20.3. The topological polar surface area (TPSA) is 112 Å². The molecule has 3 rings (SSSR count). The number of carbonyl (C=O) groups is 3. The van der Waals surface area contributed by atoms with Crippen LogP contribution in [0.5, 0.6) is 0 Å². The third-order valence-electron chi connectivity index (χ3n) is 4.03. The minimum atomic E-state index is -0.846. The normalized spacial score (nSPS) is 10.4. The van der Waals surface area contributed by atoms with E-state index in [2.05, 4.69) is 26.0 Å². The lowest BCUT2D eigenvalue weighted by molar-refractivity contribution is 0.0587. The number of anilines is 1. The molecule has 3 aromatic rings. The number of ether oxygens (including phenoxy) is 2. The molecule has 0 saturated carbocycles. The first-order valence-electron chi connectivity index (χ1n) is 8.19. The van der Waals surface area contributed by atoms with Crippen LogP contribution >= 0.6 is 15.9 Å². The summed E-state index contributed by atoms with van der Waals surface area (Å²) in [6.45, 7) is 0. The quantitative estimate of drug-likeness (QED) is 0.469. The van der Waals surface area contributed by atoms with Gasteiger partial charge in [-0.25, -0.2) is 14.4 Å². The molecular formula is C20H14BrNO7. The molecule has 8 nitrogen and oxygen atoms in total. The molecule has 0 bridgehead atoms. The summed E-state index contributed by atoms with van der Waals surface area (Å²) >= 11 is 3.31. The van der Waals surface area contributed by atoms with E-state index in [1.165, 1.54) is 38.5 Å². The van der Waals surface area contributed by atoms with Crippen molar-refractivity contribution in [3.05, 3.63) is 74.0 Å². The van der Waals surface area contributed by atoms with E-state index in [1.54, 1.807) is 18.2 Å². The van der Waals surface area contributed by atoms with Crippen LogP contribution in [0.4, 0.5) is 5.69 Å². The lowest BCUT2D eigenvalue weighted by Gasteiger charge is -2.11. The fourth-order valence-corrected chi connectivity index (χ4v) is 3.00. The van der Waals surface area contributed by atoms with Gasteiger partial charge in [0.2, 0.25) is 0 Å². The van der Waals surface area contributed by atoms with E-state index in [0.717, 1.165) is 4.47 Å². The number of rotatable bonds is 4. The van der Waals surface area contributed by atoms with Crippen LogP contribution in [0.15, 0.2) is 56.1 Å². The van der Waals surface area contributed by atoms with Crippen molar-refractivity contribution in [2.45, 2.75) is 0 Å². The van der Waals surface area contributed by atoms with Crippen molar-refractivity contribution in [2.75, 3.05) is 19.5 Å². The summed E-state index contributed by atoms with van der Waals surface area (Å²) in [5.41, 5.74) is -0.710. The fourth-order valence-electron chi connectivity index (χ4n) is 2.62. The van der Waals surface area contributed by atoms with Gasteiger partial charge in [0.1, 0.15) is 11.1 Å². The van der Waals surface area contributed by atoms with E-state index >= 15 is 0 Å². The van der Waals surface area contributed by atoms with E-state index in [0.29, 0.717) is 11.0 Å². The first-order chi connectivity index (χ1) is 13.8. The highest BCUT2D eigenvalue weighted by Gasteiger charge is 2.20. The Morgan fingerprint density at radius 1 is 0.931 bits per heavy atom. The number of esters is 2. The van der Waals surface area contributed by atoms with Gasteiger partial charge in [-0.1, -0.05) is 15.9 Å². The van der Waals surface area contributed by atoms with Crippen molar-refractivity contribution < 1.29 is 28.3 Å². The van der Waals surface area contributed by atoms with Gasteiger partial charge in [0.25, 0.3) is 5.91 Å². The number of fused-ring (bicyclic) bond motifs is 1. The molecule has 1 amide bonds. The summed E-state index contributed by atoms with van der Waals surface area (Å²) in [5, 5.41) is 2.99. The van der Waals surface area contributed by atoms with Crippen LogP contribution in [0.1, 0.15) is 31.1 Å². The third kappa shape index (κ3) is 4.19. The molecule has 0 radical (unpaired) electrons. The summed E-state index contributed by atoms with van der Waals surface area (Å²) in [6, 6.07) is 10.3. The van der Waals surface area contributed by atoms with Crippen LogP contribution in [0.3, 0.4) is 0 Å².